The molecule has 0 radical (unpaired) electrons. The average Bonchev–Trinajstić information content (AvgIpc) is 2.42. The van der Waals surface area contributed by atoms with Crippen molar-refractivity contribution in [1.29, 1.82) is 0 Å². The lowest BCUT2D eigenvalue weighted by atomic mass is 10.3. The molecule has 0 amide bonds. The molecule has 0 saturated carbocycles. The molecule has 1 aromatic rings. The number of hydrazine groups is 1. The molecule has 0 aromatic heterocycles. The number of anilines is 2. The van der Waals surface area contributed by atoms with Crippen molar-refractivity contribution in [2.24, 2.45) is 0 Å². The van der Waals surface area contributed by atoms with Crippen LogP contribution in [0.4, 0.5) is 11.4 Å². The third-order valence-electron chi connectivity index (χ3n) is 2.45. The normalized spacial score (nSPS) is 10.2. The van der Waals surface area contributed by atoms with Gasteiger partial charge in [0.15, 0.2) is 0 Å². The van der Waals surface area contributed by atoms with Crippen molar-refractivity contribution in [3.05, 3.63) is 49.1 Å². The van der Waals surface area contributed by atoms with Crippen LogP contribution in [0.15, 0.2) is 49.1 Å². The third-order valence-corrected chi connectivity index (χ3v) is 2.45. The summed E-state index contributed by atoms with van der Waals surface area (Å²) in [6, 6.07) is 7.98. The average molecular weight is 248 g/mol. The zero-order valence-corrected chi connectivity index (χ0v) is 11.2. The maximum absolute atomic E-state index is 3.93. The number of rotatable bonds is 7. The topological polar surface area (TPSA) is 55.9 Å². The van der Waals surface area contributed by atoms with E-state index in [1.807, 2.05) is 68.0 Å². The molecule has 0 bridgehead atoms. The third kappa shape index (κ3) is 4.39. The van der Waals surface area contributed by atoms with Gasteiger partial charge in [0, 0.05) is 19.8 Å². The molecule has 0 heterocycles. The van der Waals surface area contributed by atoms with Gasteiger partial charge in [-0.3, -0.25) is 10.9 Å². The molecule has 18 heavy (non-hydrogen) atoms. The molecule has 0 fully saturated rings. The Hall–Kier alpha value is -2.14. The summed E-state index contributed by atoms with van der Waals surface area (Å²) in [4.78, 5) is 1.90. The first-order valence-corrected chi connectivity index (χ1v) is 5.85. The number of hydrogen-bond acceptors (Lipinski definition) is 4. The highest BCUT2D eigenvalue weighted by atomic mass is 15.4. The van der Waals surface area contributed by atoms with Crippen LogP contribution in [0.3, 0.4) is 0 Å². The number of nitrogens with zero attached hydrogens (tertiary/aromatic N) is 1. The molecule has 0 aliphatic heterocycles. The summed E-state index contributed by atoms with van der Waals surface area (Å²) in [6.45, 7) is 3.93. The quantitative estimate of drug-likeness (QED) is 0.537. The second-order valence-corrected chi connectivity index (χ2v) is 3.81. The zero-order valence-electron chi connectivity index (χ0n) is 11.2. The van der Waals surface area contributed by atoms with Crippen molar-refractivity contribution in [1.82, 2.24) is 10.3 Å². The van der Waals surface area contributed by atoms with Crippen LogP contribution >= 0.6 is 0 Å². The van der Waals surface area contributed by atoms with E-state index in [1.54, 1.807) is 0 Å². The highest BCUT2D eigenvalue weighted by Gasteiger charge is 1.97. The predicted octanol–water partition coefficient (Wildman–Crippen LogP) is 0.712. The Bertz CT molecular complexity index is 396. The zero-order chi connectivity index (χ0) is 13.4. The maximum atomic E-state index is 3.93. The van der Waals surface area contributed by atoms with Crippen LogP contribution in [-0.2, 0) is 0 Å². The molecule has 0 spiro atoms. The summed E-state index contributed by atoms with van der Waals surface area (Å²) in [5, 5.41) is 5.04. The number of nitrogens with one attached hydrogen (secondary N) is 3. The molecule has 0 atom stereocenters. The Morgan fingerprint density at radius 2 is 1.89 bits per heavy atom. The van der Waals surface area contributed by atoms with Crippen LogP contribution in [0.25, 0.3) is 0 Å². The molecule has 0 saturated heterocycles. The summed E-state index contributed by atoms with van der Waals surface area (Å²) in [5.41, 5.74) is 8.19. The minimum Gasteiger partial charge on any atom is -0.388 e. The summed E-state index contributed by atoms with van der Waals surface area (Å²) in [5.74, 6) is 0.769. The summed E-state index contributed by atoms with van der Waals surface area (Å²) < 4.78 is 0. The van der Waals surface area contributed by atoms with E-state index < -0.39 is 0 Å². The van der Waals surface area contributed by atoms with Gasteiger partial charge in [0.1, 0.15) is 12.0 Å². The van der Waals surface area contributed by atoms with Crippen molar-refractivity contribution in [3.63, 3.8) is 0 Å². The number of quaternary nitrogens is 1. The van der Waals surface area contributed by atoms with Crippen LogP contribution in [0.5, 0.6) is 0 Å². The second kappa shape index (κ2) is 7.24. The van der Waals surface area contributed by atoms with Crippen LogP contribution in [0.1, 0.15) is 0 Å². The van der Waals surface area contributed by atoms with Gasteiger partial charge in [-0.15, -0.1) is 0 Å². The first-order chi connectivity index (χ1) is 8.67. The lowest BCUT2D eigenvalue weighted by Crippen LogP contribution is -2.72. The largest absolute Gasteiger partial charge is 0.388 e. The van der Waals surface area contributed by atoms with Gasteiger partial charge >= 0.3 is 0 Å². The Labute approximate surface area is 109 Å². The monoisotopic (exact) mass is 248 g/mol. The summed E-state index contributed by atoms with van der Waals surface area (Å²) >= 11 is 0. The van der Waals surface area contributed by atoms with E-state index in [4.69, 9.17) is 0 Å². The second-order valence-electron chi connectivity index (χ2n) is 3.81. The molecule has 0 aliphatic carbocycles. The number of hydrogen-bond donors (Lipinski definition) is 4. The summed E-state index contributed by atoms with van der Waals surface area (Å²) in [6.07, 6.45) is 3.88. The van der Waals surface area contributed by atoms with Gasteiger partial charge in [-0.25, -0.2) is 0 Å². The van der Waals surface area contributed by atoms with E-state index in [0.29, 0.717) is 0 Å². The molecule has 98 valence electrons. The van der Waals surface area contributed by atoms with Gasteiger partial charge in [-0.05, 0) is 24.3 Å². The Balaban J connectivity index is 2.44. The predicted molar refractivity (Wildman–Crippen MR) is 76.6 cm³/mol. The smallest absolute Gasteiger partial charge is 0.117 e. The fraction of sp³-hybridized carbons (Fsp3) is 0.231. The lowest BCUT2D eigenvalue weighted by Gasteiger charge is -2.19. The molecular formula is C13H22N5+. The molecule has 5 nitrogen and oxygen atoms in total. The minimum atomic E-state index is 0.769. The first kappa shape index (κ1) is 13.9. The molecule has 1 rings (SSSR count). The molecule has 0 unspecified atom stereocenters. The van der Waals surface area contributed by atoms with Gasteiger partial charge in [0.2, 0.25) is 0 Å². The van der Waals surface area contributed by atoms with Gasteiger partial charge in [0.25, 0.3) is 0 Å². The van der Waals surface area contributed by atoms with Crippen LogP contribution in [-0.4, -0.2) is 26.0 Å². The van der Waals surface area contributed by atoms with Gasteiger partial charge in [-0.2, -0.15) is 0 Å². The standard InChI is InChI=1S/C13H21N5/c1-11(18(4)10-9-14-2)16-17-13-7-5-12(15-3)6-8-13/h5-10,14-17H,1H2,2-4H3/p+1/b10-9-. The number of benzene rings is 1. The van der Waals surface area contributed by atoms with E-state index in [1.165, 1.54) is 0 Å². The van der Waals surface area contributed by atoms with Crippen LogP contribution in [0, 0.1) is 0 Å². The fourth-order valence-electron chi connectivity index (χ4n) is 1.26. The van der Waals surface area contributed by atoms with Crippen molar-refractivity contribution in [2.75, 3.05) is 31.9 Å². The van der Waals surface area contributed by atoms with E-state index in [2.05, 4.69) is 22.7 Å². The molecule has 0 aliphatic rings. The molecule has 5 N–H and O–H groups in total. The minimum absolute atomic E-state index is 0.769. The van der Waals surface area contributed by atoms with Crippen molar-refractivity contribution in [2.45, 2.75) is 0 Å². The Morgan fingerprint density at radius 3 is 2.44 bits per heavy atom. The van der Waals surface area contributed by atoms with Crippen molar-refractivity contribution >= 4 is 11.4 Å². The molecule has 5 heteroatoms. The van der Waals surface area contributed by atoms with Gasteiger partial charge < -0.3 is 15.5 Å². The van der Waals surface area contributed by atoms with E-state index in [-0.39, 0.29) is 0 Å². The Kier molecular flexibility index (Phi) is 5.60. The van der Waals surface area contributed by atoms with E-state index in [0.717, 1.165) is 17.2 Å². The highest BCUT2D eigenvalue weighted by Crippen LogP contribution is 2.12. The van der Waals surface area contributed by atoms with Crippen molar-refractivity contribution in [3.8, 4) is 0 Å². The van der Waals surface area contributed by atoms with Crippen molar-refractivity contribution < 1.29 is 5.32 Å². The van der Waals surface area contributed by atoms with Gasteiger partial charge in [-0.1, -0.05) is 6.58 Å². The van der Waals surface area contributed by atoms with Crippen LogP contribution < -0.4 is 21.5 Å². The lowest BCUT2D eigenvalue weighted by molar-refractivity contribution is -0.557. The number of nitrogens with two attached hydrogens (primary N) is 1. The summed E-state index contributed by atoms with van der Waals surface area (Å²) in [7, 11) is 5.80. The SMILES string of the molecule is C=C(NNc1ccc(NC)cc1)N(C)/C=C\[NH2+]C. The van der Waals surface area contributed by atoms with Gasteiger partial charge in [0.05, 0.1) is 18.9 Å². The van der Waals surface area contributed by atoms with Crippen LogP contribution in [0.2, 0.25) is 0 Å². The van der Waals surface area contributed by atoms with E-state index >= 15 is 0 Å². The molecule has 1 aromatic carbocycles. The fourth-order valence-corrected chi connectivity index (χ4v) is 1.26. The Morgan fingerprint density at radius 1 is 1.28 bits per heavy atom. The first-order valence-electron chi connectivity index (χ1n) is 5.85. The van der Waals surface area contributed by atoms with E-state index in [9.17, 15) is 0 Å². The highest BCUT2D eigenvalue weighted by molar-refractivity contribution is 5.52. The molecular weight excluding hydrogens is 226 g/mol. The maximum Gasteiger partial charge on any atom is 0.117 e.